The van der Waals surface area contributed by atoms with E-state index in [9.17, 15) is 4.79 Å². The molecule has 1 rings (SSSR count). The van der Waals surface area contributed by atoms with E-state index in [4.69, 9.17) is 9.84 Å². The van der Waals surface area contributed by atoms with Gasteiger partial charge < -0.3 is 15.2 Å². The van der Waals surface area contributed by atoms with Crippen molar-refractivity contribution in [2.45, 2.75) is 6.92 Å². The summed E-state index contributed by atoms with van der Waals surface area (Å²) in [6.45, 7) is 1.82. The van der Waals surface area contributed by atoms with Crippen LogP contribution < -0.4 is 10.1 Å². The lowest BCUT2D eigenvalue weighted by Gasteiger charge is -2.08. The number of hydrogen-bond donors (Lipinski definition) is 2. The first kappa shape index (κ1) is 10.4. The monoisotopic (exact) mass is 195 g/mol. The smallest absolute Gasteiger partial charge is 0.322 e. The zero-order valence-electron chi connectivity index (χ0n) is 8.20. The summed E-state index contributed by atoms with van der Waals surface area (Å²) in [5, 5.41) is 11.3. The first-order chi connectivity index (χ1) is 6.63. The van der Waals surface area contributed by atoms with E-state index in [0.717, 1.165) is 17.0 Å². The van der Waals surface area contributed by atoms with Gasteiger partial charge in [-0.3, -0.25) is 4.79 Å². The first-order valence-corrected chi connectivity index (χ1v) is 4.24. The Kier molecular flexibility index (Phi) is 3.34. The van der Waals surface area contributed by atoms with Crippen molar-refractivity contribution >= 4 is 11.7 Å². The third kappa shape index (κ3) is 2.65. The molecule has 4 nitrogen and oxygen atoms in total. The summed E-state index contributed by atoms with van der Waals surface area (Å²) in [5.41, 5.74) is 1.78. The number of carboxylic acid groups (broad SMARTS) is 1. The fraction of sp³-hybridized carbons (Fsp3) is 0.300. The molecule has 0 aliphatic carbocycles. The van der Waals surface area contributed by atoms with E-state index in [1.54, 1.807) is 19.2 Å². The van der Waals surface area contributed by atoms with Crippen molar-refractivity contribution in [3.8, 4) is 5.75 Å². The maximum absolute atomic E-state index is 10.3. The third-order valence-electron chi connectivity index (χ3n) is 1.86. The van der Waals surface area contributed by atoms with Crippen LogP contribution in [-0.4, -0.2) is 24.7 Å². The lowest BCUT2D eigenvalue weighted by atomic mass is 10.2. The Labute approximate surface area is 82.5 Å². The average molecular weight is 195 g/mol. The molecule has 4 heteroatoms. The van der Waals surface area contributed by atoms with E-state index in [2.05, 4.69) is 5.32 Å². The molecule has 0 fully saturated rings. The predicted molar refractivity (Wildman–Crippen MR) is 53.9 cm³/mol. The highest BCUT2D eigenvalue weighted by Gasteiger charge is 2.01. The van der Waals surface area contributed by atoms with Crippen LogP contribution in [-0.2, 0) is 4.79 Å². The molecule has 0 amide bonds. The normalized spacial score (nSPS) is 9.57. The van der Waals surface area contributed by atoms with E-state index < -0.39 is 5.97 Å². The van der Waals surface area contributed by atoms with Crippen LogP contribution in [0.25, 0.3) is 0 Å². The highest BCUT2D eigenvalue weighted by Crippen LogP contribution is 2.20. The molecule has 0 aromatic heterocycles. The maximum Gasteiger partial charge on any atom is 0.322 e. The predicted octanol–water partition coefficient (Wildman–Crippen LogP) is 1.50. The Morgan fingerprint density at radius 3 is 2.79 bits per heavy atom. The standard InChI is InChI=1S/C10H13NO3/c1-7-5-8(14-2)3-4-9(7)11-6-10(12)13/h3-5,11H,6H2,1-2H3,(H,12,13). The molecule has 0 aliphatic heterocycles. The zero-order chi connectivity index (χ0) is 10.6. The van der Waals surface area contributed by atoms with Gasteiger partial charge >= 0.3 is 5.97 Å². The topological polar surface area (TPSA) is 58.6 Å². The van der Waals surface area contributed by atoms with Gasteiger partial charge in [-0.15, -0.1) is 0 Å². The summed E-state index contributed by atoms with van der Waals surface area (Å²) in [4.78, 5) is 10.3. The molecule has 76 valence electrons. The molecule has 2 N–H and O–H groups in total. The van der Waals surface area contributed by atoms with Gasteiger partial charge in [-0.05, 0) is 30.7 Å². The van der Waals surface area contributed by atoms with Crippen molar-refractivity contribution in [3.05, 3.63) is 23.8 Å². The van der Waals surface area contributed by atoms with Gasteiger partial charge in [0.1, 0.15) is 12.3 Å². The minimum Gasteiger partial charge on any atom is -0.497 e. The fourth-order valence-electron chi connectivity index (χ4n) is 1.13. The van der Waals surface area contributed by atoms with Crippen molar-refractivity contribution in [2.75, 3.05) is 19.0 Å². The van der Waals surface area contributed by atoms with Crippen molar-refractivity contribution in [1.82, 2.24) is 0 Å². The van der Waals surface area contributed by atoms with Gasteiger partial charge in [-0.1, -0.05) is 0 Å². The van der Waals surface area contributed by atoms with E-state index >= 15 is 0 Å². The Morgan fingerprint density at radius 2 is 2.29 bits per heavy atom. The number of carboxylic acids is 1. The summed E-state index contributed by atoms with van der Waals surface area (Å²) in [5.74, 6) is -0.108. The Hall–Kier alpha value is -1.71. The zero-order valence-corrected chi connectivity index (χ0v) is 8.20. The van der Waals surface area contributed by atoms with Crippen molar-refractivity contribution in [2.24, 2.45) is 0 Å². The number of carbonyl (C=O) groups is 1. The van der Waals surface area contributed by atoms with Crippen molar-refractivity contribution < 1.29 is 14.6 Å². The molecular weight excluding hydrogens is 182 g/mol. The average Bonchev–Trinajstić information content (AvgIpc) is 2.15. The second-order valence-electron chi connectivity index (χ2n) is 2.93. The SMILES string of the molecule is COc1ccc(NCC(=O)O)c(C)c1. The quantitative estimate of drug-likeness (QED) is 0.764. The molecule has 1 aromatic rings. The van der Waals surface area contributed by atoms with Crippen LogP contribution in [0.2, 0.25) is 0 Å². The second kappa shape index (κ2) is 4.50. The molecule has 0 radical (unpaired) electrons. The number of anilines is 1. The number of aryl methyl sites for hydroxylation is 1. The minimum atomic E-state index is -0.875. The number of hydrogen-bond acceptors (Lipinski definition) is 3. The second-order valence-corrected chi connectivity index (χ2v) is 2.93. The molecule has 14 heavy (non-hydrogen) atoms. The molecule has 1 aromatic carbocycles. The van der Waals surface area contributed by atoms with Gasteiger partial charge in [0.05, 0.1) is 7.11 Å². The van der Waals surface area contributed by atoms with Crippen LogP contribution in [0.5, 0.6) is 5.75 Å². The number of rotatable bonds is 4. The summed E-state index contributed by atoms with van der Waals surface area (Å²) in [6, 6.07) is 5.44. The number of nitrogens with one attached hydrogen (secondary N) is 1. The van der Waals surface area contributed by atoms with Crippen LogP contribution in [0, 0.1) is 6.92 Å². The minimum absolute atomic E-state index is 0.0762. The highest BCUT2D eigenvalue weighted by atomic mass is 16.5. The molecule has 0 saturated heterocycles. The largest absolute Gasteiger partial charge is 0.497 e. The number of benzene rings is 1. The Balaban J connectivity index is 2.73. The molecule has 0 unspecified atom stereocenters. The highest BCUT2D eigenvalue weighted by molar-refractivity contribution is 5.73. The van der Waals surface area contributed by atoms with Gasteiger partial charge in [0.2, 0.25) is 0 Å². The van der Waals surface area contributed by atoms with Crippen LogP contribution in [0.4, 0.5) is 5.69 Å². The number of methoxy groups -OCH3 is 1. The molecule has 0 heterocycles. The van der Waals surface area contributed by atoms with Gasteiger partial charge in [0.25, 0.3) is 0 Å². The van der Waals surface area contributed by atoms with Gasteiger partial charge in [0, 0.05) is 5.69 Å². The lowest BCUT2D eigenvalue weighted by Crippen LogP contribution is -2.12. The van der Waals surface area contributed by atoms with E-state index in [0.29, 0.717) is 0 Å². The van der Waals surface area contributed by atoms with Crippen LogP contribution >= 0.6 is 0 Å². The van der Waals surface area contributed by atoms with Gasteiger partial charge in [0.15, 0.2) is 0 Å². The third-order valence-corrected chi connectivity index (χ3v) is 1.86. The van der Waals surface area contributed by atoms with Crippen molar-refractivity contribution in [3.63, 3.8) is 0 Å². The van der Waals surface area contributed by atoms with Gasteiger partial charge in [-0.25, -0.2) is 0 Å². The first-order valence-electron chi connectivity index (χ1n) is 4.24. The Bertz CT molecular complexity index is 336. The summed E-state index contributed by atoms with van der Waals surface area (Å²) in [6.07, 6.45) is 0. The van der Waals surface area contributed by atoms with Gasteiger partial charge in [-0.2, -0.15) is 0 Å². The number of aliphatic carboxylic acids is 1. The summed E-state index contributed by atoms with van der Waals surface area (Å²) >= 11 is 0. The molecule has 0 saturated carbocycles. The lowest BCUT2D eigenvalue weighted by molar-refractivity contribution is -0.134. The number of ether oxygens (including phenoxy) is 1. The Morgan fingerprint density at radius 1 is 1.57 bits per heavy atom. The maximum atomic E-state index is 10.3. The molecule has 0 aliphatic rings. The molecular formula is C10H13NO3. The molecule has 0 spiro atoms. The fourth-order valence-corrected chi connectivity index (χ4v) is 1.13. The van der Waals surface area contributed by atoms with E-state index in [-0.39, 0.29) is 6.54 Å². The van der Waals surface area contributed by atoms with Crippen LogP contribution in [0.15, 0.2) is 18.2 Å². The van der Waals surface area contributed by atoms with Crippen LogP contribution in [0.1, 0.15) is 5.56 Å². The molecule has 0 bridgehead atoms. The molecule has 0 atom stereocenters. The van der Waals surface area contributed by atoms with E-state index in [1.165, 1.54) is 0 Å². The van der Waals surface area contributed by atoms with Crippen LogP contribution in [0.3, 0.4) is 0 Å². The summed E-state index contributed by atoms with van der Waals surface area (Å²) in [7, 11) is 1.60. The van der Waals surface area contributed by atoms with Crippen molar-refractivity contribution in [1.29, 1.82) is 0 Å². The van der Waals surface area contributed by atoms with E-state index in [1.807, 2.05) is 13.0 Å². The summed E-state index contributed by atoms with van der Waals surface area (Å²) < 4.78 is 5.03.